The first-order valence-corrected chi connectivity index (χ1v) is 6.94. The van der Waals surface area contributed by atoms with Gasteiger partial charge in [0.2, 0.25) is 5.91 Å². The Morgan fingerprint density at radius 1 is 1.12 bits per heavy atom. The summed E-state index contributed by atoms with van der Waals surface area (Å²) in [5, 5.41) is 0. The van der Waals surface area contributed by atoms with Crippen molar-refractivity contribution < 1.29 is 18.0 Å². The second-order valence-corrected chi connectivity index (χ2v) is 5.31. The molecule has 0 aliphatic rings. The maximum Gasteiger partial charge on any atom is 0.416 e. The van der Waals surface area contributed by atoms with Crippen LogP contribution in [0.25, 0.3) is 11.0 Å². The van der Waals surface area contributed by atoms with Crippen molar-refractivity contribution in [2.75, 3.05) is 0 Å². The molecule has 3 N–H and O–H groups in total. The van der Waals surface area contributed by atoms with Crippen molar-refractivity contribution in [1.82, 2.24) is 9.55 Å². The van der Waals surface area contributed by atoms with Gasteiger partial charge in [0, 0.05) is 5.56 Å². The van der Waals surface area contributed by atoms with Crippen LogP contribution in [0, 0.1) is 0 Å². The first-order chi connectivity index (χ1) is 11.3. The van der Waals surface area contributed by atoms with Crippen LogP contribution in [-0.2, 0) is 12.7 Å². The van der Waals surface area contributed by atoms with Gasteiger partial charge in [0.05, 0.1) is 23.1 Å². The molecule has 0 fully saturated rings. The molecule has 0 radical (unpaired) electrons. The second-order valence-electron chi connectivity index (χ2n) is 5.31. The number of nitrogens with two attached hydrogens (primary N) is 1. The highest BCUT2D eigenvalue weighted by molar-refractivity contribution is 5.92. The Balaban J connectivity index is 1.99. The van der Waals surface area contributed by atoms with Crippen LogP contribution in [0.2, 0.25) is 0 Å². The number of benzene rings is 2. The first kappa shape index (κ1) is 15.9. The minimum Gasteiger partial charge on any atom is -0.366 e. The van der Waals surface area contributed by atoms with Gasteiger partial charge in [0.25, 0.3) is 0 Å². The number of imidazole rings is 1. The summed E-state index contributed by atoms with van der Waals surface area (Å²) in [6.45, 7) is 0.156. The second kappa shape index (κ2) is 5.55. The van der Waals surface area contributed by atoms with Crippen molar-refractivity contribution in [3.05, 3.63) is 69.6 Å². The van der Waals surface area contributed by atoms with Crippen LogP contribution < -0.4 is 11.4 Å². The number of hydrogen-bond donors (Lipinski definition) is 2. The lowest BCUT2D eigenvalue weighted by molar-refractivity contribution is -0.137. The van der Waals surface area contributed by atoms with E-state index in [1.54, 1.807) is 12.1 Å². The van der Waals surface area contributed by atoms with Gasteiger partial charge in [0.1, 0.15) is 0 Å². The standard InChI is InChI=1S/C16H12F3N3O2/c17-16(18,19)11-5-6-13-12(7-11)21-15(24)22(13)8-9-1-3-10(4-2-9)14(20)23/h1-7H,8H2,(H2,20,23)(H,21,24). The molecule has 0 aliphatic carbocycles. The van der Waals surface area contributed by atoms with Crippen LogP contribution in [0.15, 0.2) is 47.3 Å². The molecule has 0 aliphatic heterocycles. The van der Waals surface area contributed by atoms with Crippen LogP contribution in [0.5, 0.6) is 0 Å². The Morgan fingerprint density at radius 2 is 1.79 bits per heavy atom. The van der Waals surface area contributed by atoms with Gasteiger partial charge in [0.15, 0.2) is 0 Å². The molecule has 8 heteroatoms. The summed E-state index contributed by atoms with van der Waals surface area (Å²) < 4.78 is 39.5. The van der Waals surface area contributed by atoms with Crippen molar-refractivity contribution in [1.29, 1.82) is 0 Å². The normalized spacial score (nSPS) is 11.8. The van der Waals surface area contributed by atoms with E-state index < -0.39 is 23.3 Å². The van der Waals surface area contributed by atoms with Gasteiger partial charge in [-0.05, 0) is 35.9 Å². The van der Waals surface area contributed by atoms with Crippen LogP contribution in [-0.4, -0.2) is 15.5 Å². The minimum absolute atomic E-state index is 0.114. The van der Waals surface area contributed by atoms with E-state index in [2.05, 4.69) is 4.98 Å². The predicted octanol–water partition coefficient (Wildman–Crippen LogP) is 2.50. The number of carbonyl (C=O) groups is 1. The topological polar surface area (TPSA) is 80.9 Å². The van der Waals surface area contributed by atoms with E-state index in [1.165, 1.54) is 22.8 Å². The molecular weight excluding hydrogens is 323 g/mol. The van der Waals surface area contributed by atoms with Gasteiger partial charge in [-0.1, -0.05) is 12.1 Å². The number of halogens is 3. The van der Waals surface area contributed by atoms with E-state index in [1.807, 2.05) is 0 Å². The summed E-state index contributed by atoms with van der Waals surface area (Å²) in [4.78, 5) is 25.5. The third-order valence-electron chi connectivity index (χ3n) is 3.68. The zero-order valence-corrected chi connectivity index (χ0v) is 12.2. The number of primary amides is 1. The molecule has 124 valence electrons. The highest BCUT2D eigenvalue weighted by Crippen LogP contribution is 2.30. The van der Waals surface area contributed by atoms with Crippen molar-refractivity contribution in [3.8, 4) is 0 Å². The van der Waals surface area contributed by atoms with Crippen molar-refractivity contribution in [3.63, 3.8) is 0 Å². The molecule has 5 nitrogen and oxygen atoms in total. The fraction of sp³-hybridized carbons (Fsp3) is 0.125. The van der Waals surface area contributed by atoms with E-state index in [0.29, 0.717) is 16.6 Å². The maximum atomic E-state index is 12.7. The van der Waals surface area contributed by atoms with Crippen LogP contribution in [0.3, 0.4) is 0 Å². The third-order valence-corrected chi connectivity index (χ3v) is 3.68. The van der Waals surface area contributed by atoms with Gasteiger partial charge >= 0.3 is 11.9 Å². The molecule has 1 aromatic heterocycles. The SMILES string of the molecule is NC(=O)c1ccc(Cn2c(=O)[nH]c3cc(C(F)(F)F)ccc32)cc1. The molecular formula is C16H12F3N3O2. The molecule has 3 rings (SSSR count). The molecule has 3 aromatic rings. The molecule has 0 unspecified atom stereocenters. The van der Waals surface area contributed by atoms with Gasteiger partial charge < -0.3 is 10.7 Å². The number of aromatic amines is 1. The molecule has 2 aromatic carbocycles. The highest BCUT2D eigenvalue weighted by atomic mass is 19.4. The van der Waals surface area contributed by atoms with E-state index in [0.717, 1.165) is 12.1 Å². The number of fused-ring (bicyclic) bond motifs is 1. The predicted molar refractivity (Wildman–Crippen MR) is 81.6 cm³/mol. The average molecular weight is 335 g/mol. The monoisotopic (exact) mass is 335 g/mol. The largest absolute Gasteiger partial charge is 0.416 e. The summed E-state index contributed by atoms with van der Waals surface area (Å²) in [7, 11) is 0. The molecule has 0 saturated carbocycles. The molecule has 0 saturated heterocycles. The summed E-state index contributed by atoms with van der Waals surface area (Å²) in [5.41, 5.74) is 5.35. The number of aromatic nitrogens is 2. The quantitative estimate of drug-likeness (QED) is 0.771. The van der Waals surface area contributed by atoms with E-state index >= 15 is 0 Å². The van der Waals surface area contributed by atoms with Gasteiger partial charge in [-0.3, -0.25) is 9.36 Å². The molecule has 1 amide bonds. The van der Waals surface area contributed by atoms with E-state index in [9.17, 15) is 22.8 Å². The van der Waals surface area contributed by atoms with Crippen LogP contribution in [0.4, 0.5) is 13.2 Å². The molecule has 24 heavy (non-hydrogen) atoms. The summed E-state index contributed by atoms with van der Waals surface area (Å²) in [5.74, 6) is -0.564. The van der Waals surface area contributed by atoms with Crippen molar-refractivity contribution in [2.45, 2.75) is 12.7 Å². The lowest BCUT2D eigenvalue weighted by Crippen LogP contribution is -2.17. The Bertz CT molecular complexity index is 969. The van der Waals surface area contributed by atoms with Gasteiger partial charge in [-0.25, -0.2) is 4.79 Å². The smallest absolute Gasteiger partial charge is 0.366 e. The lowest BCUT2D eigenvalue weighted by Gasteiger charge is -2.07. The average Bonchev–Trinajstić information content (AvgIpc) is 2.82. The fourth-order valence-corrected chi connectivity index (χ4v) is 2.45. The first-order valence-electron chi connectivity index (χ1n) is 6.94. The third kappa shape index (κ3) is 2.90. The highest BCUT2D eigenvalue weighted by Gasteiger charge is 2.30. The number of nitrogens with zero attached hydrogens (tertiary/aromatic N) is 1. The molecule has 0 bridgehead atoms. The summed E-state index contributed by atoms with van der Waals surface area (Å²) >= 11 is 0. The van der Waals surface area contributed by atoms with Gasteiger partial charge in [-0.2, -0.15) is 13.2 Å². The lowest BCUT2D eigenvalue weighted by atomic mass is 10.1. The van der Waals surface area contributed by atoms with E-state index in [4.69, 9.17) is 5.73 Å². The van der Waals surface area contributed by atoms with Gasteiger partial charge in [-0.15, -0.1) is 0 Å². The number of alkyl halides is 3. The zero-order chi connectivity index (χ0) is 17.5. The maximum absolute atomic E-state index is 12.7. The zero-order valence-electron chi connectivity index (χ0n) is 12.2. The van der Waals surface area contributed by atoms with Crippen molar-refractivity contribution >= 4 is 16.9 Å². The van der Waals surface area contributed by atoms with Crippen molar-refractivity contribution in [2.24, 2.45) is 5.73 Å². The number of hydrogen-bond acceptors (Lipinski definition) is 2. The summed E-state index contributed by atoms with van der Waals surface area (Å²) in [6.07, 6.45) is -4.47. The number of nitrogens with one attached hydrogen (secondary N) is 1. The Hall–Kier alpha value is -3.03. The minimum atomic E-state index is -4.47. The Morgan fingerprint density at radius 3 is 2.38 bits per heavy atom. The number of rotatable bonds is 3. The van der Waals surface area contributed by atoms with E-state index in [-0.39, 0.29) is 12.1 Å². The van der Waals surface area contributed by atoms with Crippen LogP contribution in [0.1, 0.15) is 21.5 Å². The molecule has 0 spiro atoms. The van der Waals surface area contributed by atoms with Crippen LogP contribution >= 0.6 is 0 Å². The number of carbonyl (C=O) groups excluding carboxylic acids is 1. The summed E-state index contributed by atoms with van der Waals surface area (Å²) in [6, 6.07) is 9.42. The number of amides is 1. The fourth-order valence-electron chi connectivity index (χ4n) is 2.45. The number of H-pyrrole nitrogens is 1. The molecule has 0 atom stereocenters. The Kier molecular flexibility index (Phi) is 3.67. The molecule has 1 heterocycles. The Labute approximate surface area is 133 Å².